The molecule has 3 atom stereocenters. The van der Waals surface area contributed by atoms with Crippen LogP contribution in [0.3, 0.4) is 0 Å². The highest BCUT2D eigenvalue weighted by atomic mass is 35.5. The lowest BCUT2D eigenvalue weighted by atomic mass is 9.90. The quantitative estimate of drug-likeness (QED) is 0.292. The molecule has 0 bridgehead atoms. The van der Waals surface area contributed by atoms with Crippen LogP contribution in [0.4, 0.5) is 22.7 Å². The monoisotopic (exact) mass is 494 g/mol. The fraction of sp³-hybridized carbons (Fsp3) is 0.130. The number of hydrogen-bond acceptors (Lipinski definition) is 8. The van der Waals surface area contributed by atoms with Gasteiger partial charge in [0.1, 0.15) is 5.92 Å². The van der Waals surface area contributed by atoms with Gasteiger partial charge in [-0.3, -0.25) is 34.7 Å². The summed E-state index contributed by atoms with van der Waals surface area (Å²) < 4.78 is 0. The predicted molar refractivity (Wildman–Crippen MR) is 124 cm³/mol. The number of nitro benzene ring substituents is 2. The highest BCUT2D eigenvalue weighted by Crippen LogP contribution is 2.49. The van der Waals surface area contributed by atoms with Crippen LogP contribution in [0.2, 0.25) is 5.02 Å². The molecule has 0 radical (unpaired) electrons. The molecule has 0 aromatic heterocycles. The second-order valence-electron chi connectivity index (χ2n) is 7.91. The SMILES string of the molecule is O=C1[C@@H]2[C@H](ON(c3ccccc3)[C@@H]2c2cc([N+](=O)[O-])ccc2Cl)C(=O)N1c1ccc([N+](=O)[O-])cc1. The highest BCUT2D eigenvalue weighted by Gasteiger charge is 2.60. The topological polar surface area (TPSA) is 136 Å². The molecule has 11 nitrogen and oxygen atoms in total. The number of nitro groups is 2. The van der Waals surface area contributed by atoms with Gasteiger partial charge in [-0.15, -0.1) is 0 Å². The van der Waals surface area contributed by atoms with E-state index in [0.29, 0.717) is 5.69 Å². The first kappa shape index (κ1) is 22.4. The molecule has 3 aromatic carbocycles. The minimum atomic E-state index is -1.22. The van der Waals surface area contributed by atoms with Gasteiger partial charge < -0.3 is 0 Å². The number of non-ortho nitro benzene ring substituents is 2. The van der Waals surface area contributed by atoms with E-state index in [-0.39, 0.29) is 27.6 Å². The Hall–Kier alpha value is -4.35. The van der Waals surface area contributed by atoms with Gasteiger partial charge in [-0.05, 0) is 30.3 Å². The molecule has 2 aliphatic heterocycles. The first-order valence-corrected chi connectivity index (χ1v) is 10.7. The Morgan fingerprint density at radius 2 is 1.43 bits per heavy atom. The van der Waals surface area contributed by atoms with Crippen molar-refractivity contribution in [2.24, 2.45) is 5.92 Å². The normalized spacial score (nSPS) is 21.3. The Morgan fingerprint density at radius 1 is 0.800 bits per heavy atom. The van der Waals surface area contributed by atoms with Crippen molar-refractivity contribution in [3.05, 3.63) is 104 Å². The average Bonchev–Trinajstić information content (AvgIpc) is 3.35. The summed E-state index contributed by atoms with van der Waals surface area (Å²) in [5, 5.41) is 23.9. The Balaban J connectivity index is 1.60. The molecule has 5 rings (SSSR count). The van der Waals surface area contributed by atoms with Gasteiger partial charge in [0.15, 0.2) is 6.10 Å². The maximum Gasteiger partial charge on any atom is 0.269 e. The number of para-hydroxylation sites is 1. The van der Waals surface area contributed by atoms with Crippen molar-refractivity contribution in [2.45, 2.75) is 12.1 Å². The van der Waals surface area contributed by atoms with E-state index in [9.17, 15) is 29.8 Å². The van der Waals surface area contributed by atoms with Crippen LogP contribution in [-0.4, -0.2) is 27.8 Å². The zero-order valence-electron chi connectivity index (χ0n) is 17.7. The molecule has 0 saturated carbocycles. The number of hydrogen-bond donors (Lipinski definition) is 0. The van der Waals surface area contributed by atoms with E-state index in [2.05, 4.69) is 0 Å². The summed E-state index contributed by atoms with van der Waals surface area (Å²) in [6.07, 6.45) is -1.22. The summed E-state index contributed by atoms with van der Waals surface area (Å²) in [6, 6.07) is 16.6. The number of benzene rings is 3. The van der Waals surface area contributed by atoms with Crippen LogP contribution < -0.4 is 9.96 Å². The second kappa shape index (κ2) is 8.46. The Kier molecular flexibility index (Phi) is 5.42. The Bertz CT molecular complexity index is 1370. The van der Waals surface area contributed by atoms with Crippen LogP contribution in [0, 0.1) is 26.1 Å². The molecule has 2 fully saturated rings. The molecule has 0 unspecified atom stereocenters. The summed E-state index contributed by atoms with van der Waals surface area (Å²) in [5.41, 5.74) is 0.505. The van der Waals surface area contributed by atoms with E-state index in [1.54, 1.807) is 30.3 Å². The molecule has 2 amide bonds. The minimum absolute atomic E-state index is 0.152. The smallest absolute Gasteiger partial charge is 0.269 e. The average molecular weight is 495 g/mol. The van der Waals surface area contributed by atoms with Crippen LogP contribution >= 0.6 is 11.6 Å². The highest BCUT2D eigenvalue weighted by molar-refractivity contribution is 6.31. The summed E-state index contributed by atoms with van der Waals surface area (Å²) in [5.74, 6) is -2.34. The fourth-order valence-electron chi connectivity index (χ4n) is 4.38. The third kappa shape index (κ3) is 3.66. The van der Waals surface area contributed by atoms with Crippen LogP contribution in [-0.2, 0) is 14.4 Å². The van der Waals surface area contributed by atoms with Gasteiger partial charge in [0.05, 0.1) is 27.3 Å². The van der Waals surface area contributed by atoms with E-state index in [4.69, 9.17) is 16.4 Å². The lowest BCUT2D eigenvalue weighted by molar-refractivity contribution is -0.385. The zero-order chi connectivity index (χ0) is 24.9. The van der Waals surface area contributed by atoms with E-state index in [1.807, 2.05) is 0 Å². The van der Waals surface area contributed by atoms with Gasteiger partial charge in [-0.25, -0.2) is 9.96 Å². The number of carbonyl (C=O) groups is 2. The largest absolute Gasteiger partial charge is 0.273 e. The van der Waals surface area contributed by atoms with E-state index >= 15 is 0 Å². The van der Waals surface area contributed by atoms with E-state index in [0.717, 1.165) is 4.90 Å². The Morgan fingerprint density at radius 3 is 2.06 bits per heavy atom. The summed E-state index contributed by atoms with van der Waals surface area (Å²) >= 11 is 6.43. The predicted octanol–water partition coefficient (Wildman–Crippen LogP) is 4.21. The number of fused-ring (bicyclic) bond motifs is 1. The van der Waals surface area contributed by atoms with Crippen molar-refractivity contribution in [3.63, 3.8) is 0 Å². The molecule has 2 heterocycles. The van der Waals surface area contributed by atoms with Crippen LogP contribution in [0.25, 0.3) is 0 Å². The molecular formula is C23H15ClN4O7. The van der Waals surface area contributed by atoms with Gasteiger partial charge in [0.25, 0.3) is 17.3 Å². The maximum absolute atomic E-state index is 13.6. The minimum Gasteiger partial charge on any atom is -0.273 e. The molecule has 2 saturated heterocycles. The van der Waals surface area contributed by atoms with Gasteiger partial charge in [0.2, 0.25) is 5.91 Å². The number of imide groups is 1. The van der Waals surface area contributed by atoms with Crippen LogP contribution in [0.15, 0.2) is 72.8 Å². The molecule has 0 N–H and O–H groups in total. The number of halogens is 1. The van der Waals surface area contributed by atoms with E-state index in [1.165, 1.54) is 47.5 Å². The molecule has 2 aliphatic rings. The van der Waals surface area contributed by atoms with Gasteiger partial charge in [-0.1, -0.05) is 29.8 Å². The van der Waals surface area contributed by atoms with Crippen molar-refractivity contribution in [1.29, 1.82) is 0 Å². The van der Waals surface area contributed by atoms with Crippen molar-refractivity contribution in [2.75, 3.05) is 9.96 Å². The zero-order valence-corrected chi connectivity index (χ0v) is 18.4. The number of anilines is 2. The summed E-state index contributed by atoms with van der Waals surface area (Å²) in [7, 11) is 0. The van der Waals surface area contributed by atoms with E-state index < -0.39 is 39.7 Å². The Labute approximate surface area is 202 Å². The molecule has 176 valence electrons. The number of amides is 2. The molecule has 12 heteroatoms. The standard InChI is InChI=1S/C23H15ClN4O7/c24-18-11-10-16(28(33)34)12-17(18)20-19-21(35-26(20)14-4-2-1-3-5-14)23(30)25(22(19)29)13-6-8-15(9-7-13)27(31)32/h1-12,19-21H/t19-,20+,21-/m0/s1. The molecule has 0 aliphatic carbocycles. The molecule has 3 aromatic rings. The fourth-order valence-corrected chi connectivity index (χ4v) is 4.61. The van der Waals surface area contributed by atoms with Crippen molar-refractivity contribution >= 4 is 46.2 Å². The number of carbonyl (C=O) groups excluding carboxylic acids is 2. The first-order valence-electron chi connectivity index (χ1n) is 10.3. The number of rotatable bonds is 5. The van der Waals surface area contributed by atoms with Crippen LogP contribution in [0.1, 0.15) is 11.6 Å². The van der Waals surface area contributed by atoms with Crippen LogP contribution in [0.5, 0.6) is 0 Å². The lowest BCUT2D eigenvalue weighted by Crippen LogP contribution is -2.37. The lowest BCUT2D eigenvalue weighted by Gasteiger charge is -2.29. The maximum atomic E-state index is 13.6. The van der Waals surface area contributed by atoms with Gasteiger partial charge in [0, 0.05) is 34.9 Å². The number of nitrogens with zero attached hydrogens (tertiary/aromatic N) is 4. The van der Waals surface area contributed by atoms with Crippen molar-refractivity contribution in [1.82, 2.24) is 0 Å². The first-order chi connectivity index (χ1) is 16.8. The molecular weight excluding hydrogens is 480 g/mol. The van der Waals surface area contributed by atoms with Gasteiger partial charge in [-0.2, -0.15) is 0 Å². The molecule has 35 heavy (non-hydrogen) atoms. The summed E-state index contributed by atoms with van der Waals surface area (Å²) in [6.45, 7) is 0. The molecule has 0 spiro atoms. The third-order valence-corrected chi connectivity index (χ3v) is 6.30. The second-order valence-corrected chi connectivity index (χ2v) is 8.31. The number of hydroxylamine groups is 1. The third-order valence-electron chi connectivity index (χ3n) is 5.95. The van der Waals surface area contributed by atoms with Crippen molar-refractivity contribution in [3.8, 4) is 0 Å². The van der Waals surface area contributed by atoms with Gasteiger partial charge >= 0.3 is 0 Å². The van der Waals surface area contributed by atoms with Crippen molar-refractivity contribution < 1.29 is 24.3 Å². The summed E-state index contributed by atoms with van der Waals surface area (Å²) in [4.78, 5) is 55.0.